The predicted octanol–water partition coefficient (Wildman–Crippen LogP) is 3.98. The maximum absolute atomic E-state index is 11.6. The fraction of sp³-hybridized carbons (Fsp3) is 0.350. The van der Waals surface area contributed by atoms with Crippen molar-refractivity contribution in [2.24, 2.45) is 0 Å². The molecule has 0 aromatic heterocycles. The van der Waals surface area contributed by atoms with Crippen molar-refractivity contribution < 1.29 is 19.0 Å². The van der Waals surface area contributed by atoms with E-state index in [-0.39, 0.29) is 11.7 Å². The van der Waals surface area contributed by atoms with Gasteiger partial charge in [-0.05, 0) is 30.2 Å². The van der Waals surface area contributed by atoms with Crippen LogP contribution in [0.1, 0.15) is 30.4 Å². The number of hydrogen-bond donors (Lipinski definition) is 0. The van der Waals surface area contributed by atoms with Crippen LogP contribution in [0.4, 0.5) is 0 Å². The van der Waals surface area contributed by atoms with Gasteiger partial charge < -0.3 is 19.0 Å². The minimum absolute atomic E-state index is 0.00832. The number of ketones is 1. The Morgan fingerprint density at radius 1 is 1.00 bits per heavy atom. The van der Waals surface area contributed by atoms with Gasteiger partial charge in [0.2, 0.25) is 0 Å². The highest BCUT2D eigenvalue weighted by Crippen LogP contribution is 2.32. The second-order valence-electron chi connectivity index (χ2n) is 5.72. The van der Waals surface area contributed by atoms with Crippen molar-refractivity contribution in [2.75, 3.05) is 20.8 Å². The van der Waals surface area contributed by atoms with Crippen LogP contribution in [0.5, 0.6) is 11.5 Å². The largest absolute Gasteiger partial charge is 0.493 e. The van der Waals surface area contributed by atoms with E-state index in [1.54, 1.807) is 21.1 Å². The Hall–Kier alpha value is -2.33. The molecule has 0 radical (unpaired) electrons. The lowest BCUT2D eigenvalue weighted by molar-refractivity contribution is -0.117. The van der Waals surface area contributed by atoms with Gasteiger partial charge in [0.15, 0.2) is 11.5 Å². The summed E-state index contributed by atoms with van der Waals surface area (Å²) in [5, 5.41) is 0. The lowest BCUT2D eigenvalue weighted by Crippen LogP contribution is -2.12. The van der Waals surface area contributed by atoms with Crippen molar-refractivity contribution in [2.45, 2.75) is 25.9 Å². The smallest absolute Gasteiger partial charge is 0.160 e. The van der Waals surface area contributed by atoms with Gasteiger partial charge in [0.1, 0.15) is 5.78 Å². The third-order valence-corrected chi connectivity index (χ3v) is 3.84. The quantitative estimate of drug-likeness (QED) is 0.698. The molecule has 0 heterocycles. The molecule has 2 aromatic carbocycles. The molecular formula is C20H24O4. The van der Waals surface area contributed by atoms with Crippen molar-refractivity contribution in [1.29, 1.82) is 0 Å². The summed E-state index contributed by atoms with van der Waals surface area (Å²) in [6.45, 7) is 2.61. The van der Waals surface area contributed by atoms with Crippen LogP contribution in [0.15, 0.2) is 48.5 Å². The van der Waals surface area contributed by atoms with E-state index in [9.17, 15) is 4.79 Å². The maximum atomic E-state index is 11.6. The Labute approximate surface area is 143 Å². The van der Waals surface area contributed by atoms with Crippen LogP contribution in [0.3, 0.4) is 0 Å². The zero-order valence-corrected chi connectivity index (χ0v) is 14.5. The Bertz CT molecular complexity index is 652. The molecule has 1 atom stereocenters. The zero-order chi connectivity index (χ0) is 17.4. The summed E-state index contributed by atoms with van der Waals surface area (Å²) in [4.78, 5) is 11.6. The number of methoxy groups -OCH3 is 2. The lowest BCUT2D eigenvalue weighted by atomic mass is 9.94. The highest BCUT2D eigenvalue weighted by molar-refractivity contribution is 5.76. The summed E-state index contributed by atoms with van der Waals surface area (Å²) in [6.07, 6.45) is 0.435. The number of hydrogen-bond acceptors (Lipinski definition) is 4. The van der Waals surface area contributed by atoms with Gasteiger partial charge in [0, 0.05) is 12.3 Å². The van der Waals surface area contributed by atoms with Gasteiger partial charge in [-0.2, -0.15) is 0 Å². The average molecular weight is 328 g/mol. The lowest BCUT2D eigenvalue weighted by Gasteiger charge is -2.18. The monoisotopic (exact) mass is 328 g/mol. The summed E-state index contributed by atoms with van der Waals surface area (Å²) in [5.41, 5.74) is 2.13. The van der Waals surface area contributed by atoms with Gasteiger partial charge in [-0.3, -0.25) is 0 Å². The Morgan fingerprint density at radius 2 is 1.71 bits per heavy atom. The number of carbonyl (C=O) groups is 1. The van der Waals surface area contributed by atoms with Gasteiger partial charge in [0.05, 0.1) is 27.4 Å². The highest BCUT2D eigenvalue weighted by atomic mass is 16.5. The summed E-state index contributed by atoms with van der Waals surface area (Å²) >= 11 is 0. The van der Waals surface area contributed by atoms with E-state index in [2.05, 4.69) is 0 Å². The zero-order valence-electron chi connectivity index (χ0n) is 14.5. The number of carbonyl (C=O) groups excluding carboxylic acids is 1. The fourth-order valence-electron chi connectivity index (χ4n) is 2.62. The third-order valence-electron chi connectivity index (χ3n) is 3.84. The average Bonchev–Trinajstić information content (AvgIpc) is 2.61. The number of Topliss-reactive ketones (excluding diaryl/α,β-unsaturated/α-hetero) is 1. The van der Waals surface area contributed by atoms with E-state index in [0.29, 0.717) is 31.1 Å². The van der Waals surface area contributed by atoms with Crippen LogP contribution < -0.4 is 9.47 Å². The van der Waals surface area contributed by atoms with Crippen LogP contribution in [0, 0.1) is 0 Å². The van der Waals surface area contributed by atoms with Crippen molar-refractivity contribution in [3.05, 3.63) is 59.7 Å². The summed E-state index contributed by atoms with van der Waals surface area (Å²) < 4.78 is 16.5. The van der Waals surface area contributed by atoms with E-state index in [1.165, 1.54) is 0 Å². The maximum Gasteiger partial charge on any atom is 0.160 e. The topological polar surface area (TPSA) is 44.8 Å². The first kappa shape index (κ1) is 18.0. The normalized spacial score (nSPS) is 11.8. The molecule has 2 rings (SSSR count). The summed E-state index contributed by atoms with van der Waals surface area (Å²) in [7, 11) is 3.21. The van der Waals surface area contributed by atoms with Crippen molar-refractivity contribution in [3.8, 4) is 11.5 Å². The van der Waals surface area contributed by atoms with E-state index in [4.69, 9.17) is 14.2 Å². The number of rotatable bonds is 9. The first-order chi connectivity index (χ1) is 11.6. The van der Waals surface area contributed by atoms with Crippen LogP contribution in [0.25, 0.3) is 0 Å². The van der Waals surface area contributed by atoms with E-state index in [0.717, 1.165) is 11.1 Å². The molecule has 4 heteroatoms. The molecule has 0 aliphatic heterocycles. The van der Waals surface area contributed by atoms with E-state index in [1.807, 2.05) is 48.5 Å². The van der Waals surface area contributed by atoms with Gasteiger partial charge in [0.25, 0.3) is 0 Å². The van der Waals surface area contributed by atoms with Gasteiger partial charge in [-0.1, -0.05) is 36.4 Å². The van der Waals surface area contributed by atoms with Crippen LogP contribution >= 0.6 is 0 Å². The highest BCUT2D eigenvalue weighted by Gasteiger charge is 2.17. The molecule has 24 heavy (non-hydrogen) atoms. The molecule has 0 aliphatic rings. The van der Waals surface area contributed by atoms with Crippen LogP contribution in [-0.4, -0.2) is 26.6 Å². The van der Waals surface area contributed by atoms with Gasteiger partial charge in [-0.15, -0.1) is 0 Å². The Morgan fingerprint density at radius 3 is 2.33 bits per heavy atom. The minimum atomic E-state index is -0.00832. The molecule has 0 spiro atoms. The molecule has 0 fully saturated rings. The van der Waals surface area contributed by atoms with E-state index >= 15 is 0 Å². The molecule has 128 valence electrons. The summed E-state index contributed by atoms with van der Waals surface area (Å²) in [5.74, 6) is 1.46. The first-order valence-electron chi connectivity index (χ1n) is 7.97. The molecule has 0 bridgehead atoms. The molecule has 0 aliphatic carbocycles. The standard InChI is InChI=1S/C20H24O4/c1-15(21)11-18(14-24-13-16-7-5-4-6-8-16)17-9-10-19(22-2)20(12-17)23-3/h4-10,12,18H,11,13-14H2,1-3H3. The van der Waals surface area contributed by atoms with Crippen LogP contribution in [0.2, 0.25) is 0 Å². The van der Waals surface area contributed by atoms with Gasteiger partial charge >= 0.3 is 0 Å². The number of ether oxygens (including phenoxy) is 3. The number of benzene rings is 2. The second-order valence-corrected chi connectivity index (χ2v) is 5.72. The van der Waals surface area contributed by atoms with Crippen molar-refractivity contribution in [1.82, 2.24) is 0 Å². The third kappa shape index (κ3) is 5.10. The molecule has 0 amide bonds. The van der Waals surface area contributed by atoms with Gasteiger partial charge in [-0.25, -0.2) is 0 Å². The minimum Gasteiger partial charge on any atom is -0.493 e. The second kappa shape index (κ2) is 9.08. The summed E-state index contributed by atoms with van der Waals surface area (Å²) in [6, 6.07) is 15.7. The van der Waals surface area contributed by atoms with Crippen molar-refractivity contribution in [3.63, 3.8) is 0 Å². The molecule has 4 nitrogen and oxygen atoms in total. The molecular weight excluding hydrogens is 304 g/mol. The molecule has 1 unspecified atom stereocenters. The first-order valence-corrected chi connectivity index (χ1v) is 7.97. The molecule has 2 aromatic rings. The SMILES string of the molecule is COc1ccc(C(COCc2ccccc2)CC(C)=O)cc1OC. The molecule has 0 saturated carbocycles. The molecule has 0 saturated heterocycles. The Balaban J connectivity index is 2.08. The van der Waals surface area contributed by atoms with Crippen LogP contribution in [-0.2, 0) is 16.1 Å². The predicted molar refractivity (Wildman–Crippen MR) is 93.7 cm³/mol. The van der Waals surface area contributed by atoms with Crippen molar-refractivity contribution >= 4 is 5.78 Å². The Kier molecular flexibility index (Phi) is 6.82. The fourth-order valence-corrected chi connectivity index (χ4v) is 2.62. The van der Waals surface area contributed by atoms with E-state index < -0.39 is 0 Å². The molecule has 0 N–H and O–H groups in total.